The monoisotopic (exact) mass is 742 g/mol. The molecule has 0 saturated heterocycles. The summed E-state index contributed by atoms with van der Waals surface area (Å²) >= 11 is 0. The topological polar surface area (TPSA) is 57.2 Å². The standard InChI is InChI=1S/C53H30N2O3/c1-4-13-46-38(8-1)39-9-2-5-14-47(39)55(46)36-19-23-52-45(28-36)43-26-32(17-21-50(43)57-52)35-24-34(29-54-30-35)31-16-20-49-42(25-31)44-27-33(18-22-51(44)56-49)37-11-7-12-41-40-10-3-6-15-48(40)58-53(37)41/h1-30H. The summed E-state index contributed by atoms with van der Waals surface area (Å²) in [6.07, 6.45) is 3.87. The van der Waals surface area contributed by atoms with Crippen molar-refractivity contribution in [1.29, 1.82) is 0 Å². The summed E-state index contributed by atoms with van der Waals surface area (Å²) in [6, 6.07) is 59.7. The Morgan fingerprint density at radius 2 is 0.828 bits per heavy atom. The zero-order valence-corrected chi connectivity index (χ0v) is 30.9. The summed E-state index contributed by atoms with van der Waals surface area (Å²) in [6.45, 7) is 0. The minimum absolute atomic E-state index is 0.847. The van der Waals surface area contributed by atoms with Gasteiger partial charge in [0.2, 0.25) is 0 Å². The van der Waals surface area contributed by atoms with E-state index in [1.54, 1.807) is 0 Å². The maximum Gasteiger partial charge on any atom is 0.143 e. The van der Waals surface area contributed by atoms with Crippen LogP contribution >= 0.6 is 0 Å². The molecule has 5 heterocycles. The fourth-order valence-corrected chi connectivity index (χ4v) is 9.14. The van der Waals surface area contributed by atoms with E-state index in [2.05, 4.69) is 162 Å². The lowest BCUT2D eigenvalue weighted by atomic mass is 9.98. The minimum Gasteiger partial charge on any atom is -0.456 e. The summed E-state index contributed by atoms with van der Waals surface area (Å²) in [5.41, 5.74) is 15.0. The van der Waals surface area contributed by atoms with E-state index in [0.29, 0.717) is 0 Å². The predicted octanol–water partition coefficient (Wildman–Crippen LogP) is 14.9. The molecule has 13 aromatic rings. The number of fused-ring (bicyclic) bond motifs is 12. The molecule has 0 radical (unpaired) electrons. The number of benzene rings is 8. The van der Waals surface area contributed by atoms with Crippen molar-refractivity contribution in [2.45, 2.75) is 0 Å². The Kier molecular flexibility index (Phi) is 6.38. The molecule has 0 bridgehead atoms. The molecule has 0 aliphatic heterocycles. The molecule has 0 fully saturated rings. The Balaban J connectivity index is 0.898. The highest BCUT2D eigenvalue weighted by Gasteiger charge is 2.17. The molecule has 0 amide bonds. The largest absolute Gasteiger partial charge is 0.456 e. The van der Waals surface area contributed by atoms with Gasteiger partial charge in [-0.2, -0.15) is 0 Å². The minimum atomic E-state index is 0.847. The van der Waals surface area contributed by atoms with Crippen LogP contribution in [0.5, 0.6) is 0 Å². The van der Waals surface area contributed by atoms with E-state index >= 15 is 0 Å². The first-order valence-electron chi connectivity index (χ1n) is 19.5. The quantitative estimate of drug-likeness (QED) is 0.180. The van der Waals surface area contributed by atoms with Crippen molar-refractivity contribution >= 4 is 87.6 Å². The van der Waals surface area contributed by atoms with Crippen LogP contribution in [0.25, 0.3) is 127 Å². The van der Waals surface area contributed by atoms with E-state index in [9.17, 15) is 0 Å². The summed E-state index contributed by atoms with van der Waals surface area (Å²) in [7, 11) is 0. The highest BCUT2D eigenvalue weighted by molar-refractivity contribution is 6.13. The lowest BCUT2D eigenvalue weighted by Crippen LogP contribution is -1.93. The molecule has 5 heteroatoms. The Morgan fingerprint density at radius 1 is 0.328 bits per heavy atom. The van der Waals surface area contributed by atoms with E-state index < -0.39 is 0 Å². The second-order valence-electron chi connectivity index (χ2n) is 15.1. The van der Waals surface area contributed by atoms with Crippen LogP contribution in [0.2, 0.25) is 0 Å². The number of hydrogen-bond acceptors (Lipinski definition) is 4. The third-order valence-corrected chi connectivity index (χ3v) is 11.9. The van der Waals surface area contributed by atoms with Crippen LogP contribution in [0.1, 0.15) is 0 Å². The fraction of sp³-hybridized carbons (Fsp3) is 0. The summed E-state index contributed by atoms with van der Waals surface area (Å²) < 4.78 is 21.5. The molecule has 5 aromatic heterocycles. The molecular formula is C53H30N2O3. The average molecular weight is 743 g/mol. The van der Waals surface area contributed by atoms with Crippen molar-refractivity contribution in [3.05, 3.63) is 182 Å². The third kappa shape index (κ3) is 4.55. The lowest BCUT2D eigenvalue weighted by Gasteiger charge is -2.08. The van der Waals surface area contributed by atoms with Gasteiger partial charge in [-0.25, -0.2) is 0 Å². The average Bonchev–Trinajstić information content (AvgIpc) is 4.04. The van der Waals surface area contributed by atoms with Crippen LogP contribution < -0.4 is 0 Å². The van der Waals surface area contributed by atoms with Gasteiger partial charge in [0.1, 0.15) is 33.5 Å². The molecule has 0 saturated carbocycles. The smallest absolute Gasteiger partial charge is 0.143 e. The Labute approximate surface area is 330 Å². The molecule has 0 N–H and O–H groups in total. The SMILES string of the molecule is c1ccc2c(c1)oc1c(-c3ccc4oc5ccc(-c6cncc(-c7ccc8oc9ccc(-n%10c%11ccccc%11c%11ccccc%11%10)cc9c8c7)c6)cc5c4c3)cccc12. The van der Waals surface area contributed by atoms with E-state index in [-0.39, 0.29) is 0 Å². The molecule has 8 aromatic carbocycles. The van der Waals surface area contributed by atoms with Crippen LogP contribution in [-0.2, 0) is 0 Å². The van der Waals surface area contributed by atoms with Gasteiger partial charge in [-0.05, 0) is 95.6 Å². The van der Waals surface area contributed by atoms with Crippen molar-refractivity contribution in [2.75, 3.05) is 0 Å². The first-order chi connectivity index (χ1) is 28.7. The number of aromatic nitrogens is 2. The van der Waals surface area contributed by atoms with Crippen LogP contribution in [0.4, 0.5) is 0 Å². The molecule has 0 aliphatic rings. The van der Waals surface area contributed by atoms with Crippen LogP contribution in [0.3, 0.4) is 0 Å². The molecule has 0 spiro atoms. The van der Waals surface area contributed by atoms with E-state index in [1.807, 2.05) is 24.5 Å². The number of pyridine rings is 1. The number of nitrogens with zero attached hydrogens (tertiary/aromatic N) is 2. The molecule has 270 valence electrons. The van der Waals surface area contributed by atoms with E-state index in [1.165, 1.54) is 21.8 Å². The molecule has 0 atom stereocenters. The Morgan fingerprint density at radius 3 is 1.48 bits per heavy atom. The zero-order valence-electron chi connectivity index (χ0n) is 30.9. The summed E-state index contributed by atoms with van der Waals surface area (Å²) in [5.74, 6) is 0. The van der Waals surface area contributed by atoms with Crippen molar-refractivity contribution in [1.82, 2.24) is 9.55 Å². The highest BCUT2D eigenvalue weighted by atomic mass is 16.3. The number of para-hydroxylation sites is 4. The third-order valence-electron chi connectivity index (χ3n) is 11.9. The Hall–Kier alpha value is -7.89. The van der Waals surface area contributed by atoms with Crippen molar-refractivity contribution < 1.29 is 13.3 Å². The first-order valence-corrected chi connectivity index (χ1v) is 19.5. The van der Waals surface area contributed by atoms with Crippen LogP contribution in [0.15, 0.2) is 196 Å². The molecule has 13 rings (SSSR count). The molecule has 58 heavy (non-hydrogen) atoms. The van der Waals surface area contributed by atoms with Crippen molar-refractivity contribution in [3.63, 3.8) is 0 Å². The van der Waals surface area contributed by atoms with E-state index in [0.717, 1.165) is 105 Å². The zero-order chi connectivity index (χ0) is 37.9. The van der Waals surface area contributed by atoms with Gasteiger partial charge in [0.05, 0.1) is 11.0 Å². The van der Waals surface area contributed by atoms with Crippen molar-refractivity contribution in [3.8, 4) is 39.1 Å². The van der Waals surface area contributed by atoms with Gasteiger partial charge in [-0.3, -0.25) is 4.98 Å². The van der Waals surface area contributed by atoms with Gasteiger partial charge in [0.25, 0.3) is 0 Å². The Bertz CT molecular complexity index is 3770. The number of furan rings is 3. The normalized spacial score (nSPS) is 12.1. The van der Waals surface area contributed by atoms with Gasteiger partial charge < -0.3 is 17.8 Å². The van der Waals surface area contributed by atoms with Crippen molar-refractivity contribution in [2.24, 2.45) is 0 Å². The molecule has 0 unspecified atom stereocenters. The number of rotatable bonds is 4. The molecular weight excluding hydrogens is 713 g/mol. The van der Waals surface area contributed by atoms with Crippen LogP contribution in [0, 0.1) is 0 Å². The van der Waals surface area contributed by atoms with E-state index in [4.69, 9.17) is 18.2 Å². The summed E-state index contributed by atoms with van der Waals surface area (Å²) in [5, 5.41) is 8.99. The summed E-state index contributed by atoms with van der Waals surface area (Å²) in [4.78, 5) is 4.74. The second kappa shape index (κ2) is 11.8. The molecule has 0 aliphatic carbocycles. The maximum atomic E-state index is 6.40. The fourth-order valence-electron chi connectivity index (χ4n) is 9.14. The van der Waals surface area contributed by atoms with Gasteiger partial charge in [0.15, 0.2) is 0 Å². The molecule has 5 nitrogen and oxygen atoms in total. The first kappa shape index (κ1) is 31.3. The van der Waals surface area contributed by atoms with Gasteiger partial charge in [-0.1, -0.05) is 91.0 Å². The lowest BCUT2D eigenvalue weighted by molar-refractivity contribution is 0.668. The number of hydrogen-bond donors (Lipinski definition) is 0. The van der Waals surface area contributed by atoms with Gasteiger partial charge >= 0.3 is 0 Å². The maximum absolute atomic E-state index is 6.40. The van der Waals surface area contributed by atoms with Gasteiger partial charge in [-0.15, -0.1) is 0 Å². The highest BCUT2D eigenvalue weighted by Crippen LogP contribution is 2.41. The van der Waals surface area contributed by atoms with Gasteiger partial charge in [0, 0.05) is 77.9 Å². The second-order valence-corrected chi connectivity index (χ2v) is 15.1. The van der Waals surface area contributed by atoms with Crippen LogP contribution in [-0.4, -0.2) is 9.55 Å². The predicted molar refractivity (Wildman–Crippen MR) is 237 cm³/mol.